The van der Waals surface area contributed by atoms with Crippen molar-refractivity contribution in [3.8, 4) is 28.3 Å². The lowest BCUT2D eigenvalue weighted by Gasteiger charge is -2.41. The van der Waals surface area contributed by atoms with Gasteiger partial charge in [0.2, 0.25) is 0 Å². The standard InChI is InChI=1S/C64H55BN2OS/c1-62(2,3)41-26-23-38(24-27-41)40-33-52-58-55(34-40)68-60-45-20-14-13-17-39(45)25-30-49(60)65(58)59-53(66(52)44-18-11-10-12-19-44)37-54(61-57(59)46-21-15-16-22-56(46)69-61)67-50-31-28-42(63(4,5)6)35-47(50)48-36-43(64(7,8)9)29-32-51(48)67/h10-37H,1-9H3. The van der Waals surface area contributed by atoms with Crippen LogP contribution in [-0.2, 0) is 16.2 Å². The Hall–Kier alpha value is -7.08. The number of hydrogen-bond acceptors (Lipinski definition) is 3. The van der Waals surface area contributed by atoms with Gasteiger partial charge in [0, 0.05) is 37.9 Å². The van der Waals surface area contributed by atoms with E-state index in [1.807, 2.05) is 11.3 Å². The largest absolute Gasteiger partial charge is 0.458 e. The molecule has 2 aliphatic rings. The molecule has 4 heterocycles. The van der Waals surface area contributed by atoms with Gasteiger partial charge in [-0.15, -0.1) is 11.3 Å². The number of fused-ring (bicyclic) bond motifs is 13. The van der Waals surface area contributed by atoms with Crippen molar-refractivity contribution in [3.05, 3.63) is 187 Å². The Labute approximate surface area is 409 Å². The molecule has 11 aromatic rings. The molecule has 5 heteroatoms. The van der Waals surface area contributed by atoms with Crippen LogP contribution in [0.2, 0.25) is 0 Å². The van der Waals surface area contributed by atoms with Crippen molar-refractivity contribution in [2.24, 2.45) is 0 Å². The van der Waals surface area contributed by atoms with Crippen molar-refractivity contribution in [1.82, 2.24) is 4.57 Å². The molecular weight excluding hydrogens is 856 g/mol. The van der Waals surface area contributed by atoms with Gasteiger partial charge in [-0.05, 0) is 137 Å². The molecule has 0 amide bonds. The number of para-hydroxylation sites is 1. The number of benzene rings is 9. The van der Waals surface area contributed by atoms with Gasteiger partial charge < -0.3 is 14.2 Å². The molecule has 0 bridgehead atoms. The van der Waals surface area contributed by atoms with Gasteiger partial charge in [0.15, 0.2) is 0 Å². The lowest BCUT2D eigenvalue weighted by atomic mass is 9.33. The normalized spacial score (nSPS) is 13.6. The summed E-state index contributed by atoms with van der Waals surface area (Å²) in [6.45, 7) is 20.7. The second kappa shape index (κ2) is 14.7. The molecule has 0 N–H and O–H groups in total. The topological polar surface area (TPSA) is 17.4 Å². The Morgan fingerprint density at radius 1 is 0.464 bits per heavy atom. The number of ether oxygens (including phenoxy) is 1. The first-order valence-corrected chi connectivity index (χ1v) is 25.3. The highest BCUT2D eigenvalue weighted by Gasteiger charge is 2.45. The third kappa shape index (κ3) is 6.39. The highest BCUT2D eigenvalue weighted by atomic mass is 32.1. The molecule has 0 saturated carbocycles. The summed E-state index contributed by atoms with van der Waals surface area (Å²) >= 11 is 1.92. The van der Waals surface area contributed by atoms with E-state index >= 15 is 0 Å². The number of anilines is 3. The molecule has 0 spiro atoms. The third-order valence-electron chi connectivity index (χ3n) is 15.1. The van der Waals surface area contributed by atoms with Gasteiger partial charge in [-0.25, -0.2) is 0 Å². The summed E-state index contributed by atoms with van der Waals surface area (Å²) in [6, 6.07) is 64.3. The summed E-state index contributed by atoms with van der Waals surface area (Å²) in [6.07, 6.45) is 0. The molecule has 69 heavy (non-hydrogen) atoms. The molecular formula is C64H55BN2OS. The van der Waals surface area contributed by atoms with Gasteiger partial charge in [0.05, 0.1) is 21.4 Å². The third-order valence-corrected chi connectivity index (χ3v) is 16.3. The lowest BCUT2D eigenvalue weighted by Crippen LogP contribution is -2.59. The smallest absolute Gasteiger partial charge is 0.257 e. The molecule has 0 atom stereocenters. The molecule has 0 unspecified atom stereocenters. The van der Waals surface area contributed by atoms with E-state index < -0.39 is 0 Å². The average Bonchev–Trinajstić information content (AvgIpc) is 3.89. The predicted octanol–water partition coefficient (Wildman–Crippen LogP) is 16.3. The van der Waals surface area contributed by atoms with Gasteiger partial charge in [0.1, 0.15) is 11.5 Å². The predicted molar refractivity (Wildman–Crippen MR) is 299 cm³/mol. The highest BCUT2D eigenvalue weighted by molar-refractivity contribution is 7.26. The zero-order valence-electron chi connectivity index (χ0n) is 41.0. The van der Waals surface area contributed by atoms with Gasteiger partial charge in [-0.2, -0.15) is 0 Å². The molecule has 336 valence electrons. The van der Waals surface area contributed by atoms with Gasteiger partial charge in [-0.3, -0.25) is 0 Å². The van der Waals surface area contributed by atoms with Crippen LogP contribution in [0.25, 0.3) is 69.6 Å². The molecule has 9 aromatic carbocycles. The molecule has 3 nitrogen and oxygen atoms in total. The van der Waals surface area contributed by atoms with Crippen LogP contribution in [0.5, 0.6) is 11.5 Å². The number of aromatic nitrogens is 1. The van der Waals surface area contributed by atoms with Gasteiger partial charge in [0.25, 0.3) is 6.71 Å². The zero-order valence-corrected chi connectivity index (χ0v) is 41.8. The second-order valence-corrected chi connectivity index (χ2v) is 23.6. The van der Waals surface area contributed by atoms with E-state index in [2.05, 4.69) is 242 Å². The van der Waals surface area contributed by atoms with Crippen molar-refractivity contribution in [2.75, 3.05) is 4.90 Å². The Bertz CT molecular complexity index is 3860. The molecule has 2 aromatic heterocycles. The Kier molecular flexibility index (Phi) is 8.97. The fourth-order valence-corrected chi connectivity index (χ4v) is 12.6. The fourth-order valence-electron chi connectivity index (χ4n) is 11.4. The SMILES string of the molecule is CC(C)(C)c1ccc(-c2cc3c4c(c2)N(c2ccccc2)c2cc(-n5c6ccc(C(C)(C)C)cc6c6cc(C(C)(C)C)ccc65)c5sc6ccccc6c5c2B4c2ccc4ccccc4c2O3)cc1. The number of thiophene rings is 1. The fraction of sp³-hybridized carbons (Fsp3) is 0.188. The summed E-state index contributed by atoms with van der Waals surface area (Å²) in [7, 11) is 0. The van der Waals surface area contributed by atoms with E-state index in [9.17, 15) is 0 Å². The molecule has 13 rings (SSSR count). The number of nitrogens with zero attached hydrogens (tertiary/aromatic N) is 2. The summed E-state index contributed by atoms with van der Waals surface area (Å²) in [5.41, 5.74) is 17.1. The maximum atomic E-state index is 7.38. The van der Waals surface area contributed by atoms with Crippen LogP contribution in [-0.4, -0.2) is 11.3 Å². The van der Waals surface area contributed by atoms with Crippen molar-refractivity contribution in [1.29, 1.82) is 0 Å². The number of hydrogen-bond donors (Lipinski definition) is 0. The van der Waals surface area contributed by atoms with Crippen molar-refractivity contribution in [3.63, 3.8) is 0 Å². The van der Waals surface area contributed by atoms with Crippen LogP contribution in [0.4, 0.5) is 17.1 Å². The van der Waals surface area contributed by atoms with E-state index in [-0.39, 0.29) is 23.0 Å². The molecule has 2 aliphatic heterocycles. The lowest BCUT2D eigenvalue weighted by molar-refractivity contribution is 0.493. The molecule has 0 fully saturated rings. The first-order valence-electron chi connectivity index (χ1n) is 24.5. The van der Waals surface area contributed by atoms with E-state index in [0.717, 1.165) is 33.8 Å². The minimum atomic E-state index is -0.105. The van der Waals surface area contributed by atoms with E-state index in [0.29, 0.717) is 0 Å². The first-order chi connectivity index (χ1) is 33.1. The second-order valence-electron chi connectivity index (χ2n) is 22.6. The van der Waals surface area contributed by atoms with Crippen LogP contribution in [0.3, 0.4) is 0 Å². The maximum absolute atomic E-state index is 7.38. The van der Waals surface area contributed by atoms with Crippen LogP contribution in [0, 0.1) is 0 Å². The van der Waals surface area contributed by atoms with Crippen molar-refractivity contribution >= 4 is 104 Å². The minimum absolute atomic E-state index is 0.00391. The summed E-state index contributed by atoms with van der Waals surface area (Å²) < 4.78 is 12.5. The quantitative estimate of drug-likeness (QED) is 0.164. The maximum Gasteiger partial charge on any atom is 0.257 e. The Morgan fingerprint density at radius 3 is 1.72 bits per heavy atom. The molecule has 0 radical (unpaired) electrons. The van der Waals surface area contributed by atoms with Crippen LogP contribution in [0.1, 0.15) is 79.0 Å². The van der Waals surface area contributed by atoms with Crippen LogP contribution < -0.4 is 26.0 Å². The number of rotatable bonds is 3. The monoisotopic (exact) mass is 910 g/mol. The molecule has 0 aliphatic carbocycles. The molecule has 0 saturated heterocycles. The van der Waals surface area contributed by atoms with E-state index in [4.69, 9.17) is 4.74 Å². The van der Waals surface area contributed by atoms with E-state index in [1.54, 1.807) is 0 Å². The summed E-state index contributed by atoms with van der Waals surface area (Å²) in [5, 5.41) is 7.47. The van der Waals surface area contributed by atoms with Gasteiger partial charge >= 0.3 is 0 Å². The minimum Gasteiger partial charge on any atom is -0.458 e. The summed E-state index contributed by atoms with van der Waals surface area (Å²) in [5.74, 6) is 1.85. The van der Waals surface area contributed by atoms with Crippen LogP contribution >= 0.6 is 11.3 Å². The summed E-state index contributed by atoms with van der Waals surface area (Å²) in [4.78, 5) is 2.55. The Morgan fingerprint density at radius 2 is 1.06 bits per heavy atom. The average molecular weight is 911 g/mol. The zero-order chi connectivity index (χ0) is 47.3. The van der Waals surface area contributed by atoms with Crippen molar-refractivity contribution < 1.29 is 4.74 Å². The van der Waals surface area contributed by atoms with Crippen molar-refractivity contribution in [2.45, 2.75) is 78.6 Å². The highest BCUT2D eigenvalue weighted by Crippen LogP contribution is 2.50. The van der Waals surface area contributed by atoms with Gasteiger partial charge in [-0.1, -0.05) is 172 Å². The van der Waals surface area contributed by atoms with Crippen LogP contribution in [0.15, 0.2) is 170 Å². The van der Waals surface area contributed by atoms with E-state index in [1.165, 1.54) is 97.4 Å². The Balaban J connectivity index is 1.19. The first kappa shape index (κ1) is 42.1.